The molecule has 0 saturated heterocycles. The van der Waals surface area contributed by atoms with Gasteiger partial charge in [-0.3, -0.25) is 4.79 Å². The van der Waals surface area contributed by atoms with E-state index in [9.17, 15) is 13.2 Å². The Bertz CT molecular complexity index is 518. The summed E-state index contributed by atoms with van der Waals surface area (Å²) < 4.78 is 26.2. The van der Waals surface area contributed by atoms with E-state index in [4.69, 9.17) is 5.73 Å². The number of rotatable bonds is 5. The van der Waals surface area contributed by atoms with Crippen molar-refractivity contribution in [2.24, 2.45) is 11.7 Å². The van der Waals surface area contributed by atoms with Gasteiger partial charge in [0, 0.05) is 12.1 Å². The molecule has 5 nitrogen and oxygen atoms in total. The Balaban J connectivity index is 2.11. The number of amides is 1. The molecule has 3 N–H and O–H groups in total. The first-order chi connectivity index (χ1) is 7.99. The molecule has 92 valence electrons. The predicted molar refractivity (Wildman–Crippen MR) is 62.9 cm³/mol. The van der Waals surface area contributed by atoms with E-state index >= 15 is 0 Å². The lowest BCUT2D eigenvalue weighted by Gasteiger charge is -2.06. The molecule has 1 aromatic rings. The summed E-state index contributed by atoms with van der Waals surface area (Å²) in [7, 11) is -3.46. The van der Waals surface area contributed by atoms with Crippen LogP contribution in [0.25, 0.3) is 0 Å². The maximum Gasteiger partial charge on any atom is 0.248 e. The van der Waals surface area contributed by atoms with Gasteiger partial charge in [0.05, 0.1) is 4.90 Å². The fourth-order valence-electron chi connectivity index (χ4n) is 1.43. The van der Waals surface area contributed by atoms with E-state index in [1.54, 1.807) is 0 Å². The minimum Gasteiger partial charge on any atom is -0.366 e. The van der Waals surface area contributed by atoms with E-state index in [2.05, 4.69) is 4.72 Å². The lowest BCUT2D eigenvalue weighted by atomic mass is 10.2. The fourth-order valence-corrected chi connectivity index (χ4v) is 2.55. The molecule has 0 atom stereocenters. The number of carbonyl (C=O) groups is 1. The maximum absolute atomic E-state index is 11.8. The van der Waals surface area contributed by atoms with Crippen molar-refractivity contribution < 1.29 is 13.2 Å². The fraction of sp³-hybridized carbons (Fsp3) is 0.364. The first-order valence-electron chi connectivity index (χ1n) is 5.38. The van der Waals surface area contributed by atoms with Crippen LogP contribution < -0.4 is 10.5 Å². The maximum atomic E-state index is 11.8. The molecule has 0 bridgehead atoms. The highest BCUT2D eigenvalue weighted by Crippen LogP contribution is 2.28. The largest absolute Gasteiger partial charge is 0.366 e. The van der Waals surface area contributed by atoms with Crippen molar-refractivity contribution in [3.63, 3.8) is 0 Å². The minimum absolute atomic E-state index is 0.156. The second kappa shape index (κ2) is 4.46. The van der Waals surface area contributed by atoms with Crippen molar-refractivity contribution in [2.45, 2.75) is 17.7 Å². The third-order valence-electron chi connectivity index (χ3n) is 2.71. The molecular weight excluding hydrogens is 240 g/mol. The number of hydrogen-bond donors (Lipinski definition) is 2. The lowest BCUT2D eigenvalue weighted by Crippen LogP contribution is -2.25. The summed E-state index contributed by atoms with van der Waals surface area (Å²) in [5.74, 6) is -0.0884. The van der Waals surface area contributed by atoms with E-state index in [0.717, 1.165) is 12.8 Å². The van der Waals surface area contributed by atoms with Gasteiger partial charge < -0.3 is 5.73 Å². The Morgan fingerprint density at radius 2 is 1.88 bits per heavy atom. The molecule has 17 heavy (non-hydrogen) atoms. The van der Waals surface area contributed by atoms with E-state index in [1.807, 2.05) is 0 Å². The van der Waals surface area contributed by atoms with Crippen LogP contribution in [0.4, 0.5) is 0 Å². The van der Waals surface area contributed by atoms with Gasteiger partial charge in [0.1, 0.15) is 0 Å². The van der Waals surface area contributed by atoms with Gasteiger partial charge in [-0.25, -0.2) is 13.1 Å². The van der Waals surface area contributed by atoms with Gasteiger partial charge >= 0.3 is 0 Å². The summed E-state index contributed by atoms with van der Waals surface area (Å²) in [6, 6.07) is 5.59. The zero-order valence-electron chi connectivity index (χ0n) is 9.22. The zero-order valence-corrected chi connectivity index (χ0v) is 10.0. The van der Waals surface area contributed by atoms with Gasteiger partial charge in [-0.2, -0.15) is 0 Å². The molecule has 6 heteroatoms. The summed E-state index contributed by atoms with van der Waals surface area (Å²) in [6.07, 6.45) is 2.17. The van der Waals surface area contributed by atoms with E-state index < -0.39 is 15.9 Å². The molecule has 1 fully saturated rings. The molecule has 0 unspecified atom stereocenters. The van der Waals surface area contributed by atoms with Crippen molar-refractivity contribution in [2.75, 3.05) is 6.54 Å². The normalized spacial score (nSPS) is 15.8. The second-order valence-electron chi connectivity index (χ2n) is 4.18. The molecule has 1 aliphatic rings. The van der Waals surface area contributed by atoms with E-state index in [-0.39, 0.29) is 4.90 Å². The summed E-state index contributed by atoms with van der Waals surface area (Å²) in [5.41, 5.74) is 5.37. The van der Waals surface area contributed by atoms with Gasteiger partial charge in [-0.1, -0.05) is 0 Å². The van der Waals surface area contributed by atoms with Crippen LogP contribution in [0.1, 0.15) is 23.2 Å². The first-order valence-corrected chi connectivity index (χ1v) is 6.87. The van der Waals surface area contributed by atoms with Gasteiger partial charge in [-0.05, 0) is 43.0 Å². The third-order valence-corrected chi connectivity index (χ3v) is 4.15. The number of sulfonamides is 1. The van der Waals surface area contributed by atoms with Gasteiger partial charge in [0.25, 0.3) is 0 Å². The molecule has 2 rings (SSSR count). The van der Waals surface area contributed by atoms with Crippen molar-refractivity contribution in [3.8, 4) is 0 Å². The average Bonchev–Trinajstić information content (AvgIpc) is 3.10. The summed E-state index contributed by atoms with van der Waals surface area (Å²) in [6.45, 7) is 0.486. The number of hydrogen-bond acceptors (Lipinski definition) is 3. The Morgan fingerprint density at radius 3 is 2.35 bits per heavy atom. The molecule has 0 aromatic heterocycles. The van der Waals surface area contributed by atoms with Crippen LogP contribution in [0.2, 0.25) is 0 Å². The lowest BCUT2D eigenvalue weighted by molar-refractivity contribution is 0.1000. The standard InChI is InChI=1S/C11H14N2O3S/c12-11(14)9-3-5-10(6-4-9)17(15,16)13-7-8-1-2-8/h3-6,8,13H,1-2,7H2,(H2,12,14). The molecule has 0 radical (unpaired) electrons. The molecule has 1 amide bonds. The monoisotopic (exact) mass is 254 g/mol. The van der Waals surface area contributed by atoms with Crippen molar-refractivity contribution in [3.05, 3.63) is 29.8 Å². The minimum atomic E-state index is -3.46. The summed E-state index contributed by atoms with van der Waals surface area (Å²) in [4.78, 5) is 11.0. The molecular formula is C11H14N2O3S. The molecule has 1 aromatic carbocycles. The van der Waals surface area contributed by atoms with E-state index in [1.165, 1.54) is 24.3 Å². The smallest absolute Gasteiger partial charge is 0.248 e. The van der Waals surface area contributed by atoms with Crippen molar-refractivity contribution in [1.29, 1.82) is 0 Å². The average molecular weight is 254 g/mol. The zero-order chi connectivity index (χ0) is 12.5. The second-order valence-corrected chi connectivity index (χ2v) is 5.95. The Labute approximate surface area is 100 Å². The van der Waals surface area contributed by atoms with Crippen LogP contribution in [0, 0.1) is 5.92 Å². The van der Waals surface area contributed by atoms with Crippen LogP contribution in [-0.4, -0.2) is 20.9 Å². The van der Waals surface area contributed by atoms with Crippen LogP contribution in [0.5, 0.6) is 0 Å². The Hall–Kier alpha value is -1.40. The Morgan fingerprint density at radius 1 is 1.29 bits per heavy atom. The van der Waals surface area contributed by atoms with Crippen molar-refractivity contribution >= 4 is 15.9 Å². The molecule has 0 spiro atoms. The summed E-state index contributed by atoms with van der Waals surface area (Å²) in [5, 5.41) is 0. The van der Waals surface area contributed by atoms with Gasteiger partial charge in [0.2, 0.25) is 15.9 Å². The first kappa shape index (κ1) is 12.1. The van der Waals surface area contributed by atoms with Crippen LogP contribution in [0.15, 0.2) is 29.2 Å². The Kier molecular flexibility index (Phi) is 3.17. The quantitative estimate of drug-likeness (QED) is 0.800. The van der Waals surface area contributed by atoms with Gasteiger partial charge in [-0.15, -0.1) is 0 Å². The molecule has 0 heterocycles. The topological polar surface area (TPSA) is 89.3 Å². The molecule has 0 aliphatic heterocycles. The van der Waals surface area contributed by atoms with Gasteiger partial charge in [0.15, 0.2) is 0 Å². The number of benzene rings is 1. The van der Waals surface area contributed by atoms with Crippen molar-refractivity contribution in [1.82, 2.24) is 4.72 Å². The van der Waals surface area contributed by atoms with E-state index in [0.29, 0.717) is 18.0 Å². The number of carbonyl (C=O) groups excluding carboxylic acids is 1. The predicted octanol–water partition coefficient (Wildman–Crippen LogP) is 0.474. The van der Waals surface area contributed by atoms with Crippen LogP contribution in [-0.2, 0) is 10.0 Å². The highest BCUT2D eigenvalue weighted by molar-refractivity contribution is 7.89. The SMILES string of the molecule is NC(=O)c1ccc(S(=O)(=O)NCC2CC2)cc1. The summed E-state index contributed by atoms with van der Waals surface area (Å²) >= 11 is 0. The van der Waals surface area contributed by atoms with Crippen LogP contribution in [0.3, 0.4) is 0 Å². The number of nitrogens with one attached hydrogen (secondary N) is 1. The molecule has 1 aliphatic carbocycles. The highest BCUT2D eigenvalue weighted by Gasteiger charge is 2.24. The third kappa shape index (κ3) is 3.04. The number of nitrogens with two attached hydrogens (primary N) is 1. The highest BCUT2D eigenvalue weighted by atomic mass is 32.2. The van der Waals surface area contributed by atoms with Crippen LogP contribution >= 0.6 is 0 Å². The number of primary amides is 1. The molecule has 1 saturated carbocycles.